The van der Waals surface area contributed by atoms with Crippen LogP contribution < -0.4 is 0 Å². The fraction of sp³-hybridized carbons (Fsp3) is 0. The maximum Gasteiger partial charge on any atom is 0.235 e. The van der Waals surface area contributed by atoms with E-state index in [9.17, 15) is 0 Å². The van der Waals surface area contributed by atoms with Gasteiger partial charge in [-0.15, -0.1) is 22.7 Å². The summed E-state index contributed by atoms with van der Waals surface area (Å²) in [7, 11) is 0. The number of rotatable bonds is 6. The summed E-state index contributed by atoms with van der Waals surface area (Å²) >= 11 is 3.68. The van der Waals surface area contributed by atoms with Gasteiger partial charge >= 0.3 is 0 Å². The van der Waals surface area contributed by atoms with Crippen molar-refractivity contribution >= 4 is 281 Å². The average Bonchev–Trinajstić information content (AvgIpc) is 1.56. The lowest BCUT2D eigenvalue weighted by Gasteiger charge is -2.12. The molecule has 0 aliphatic heterocycles. The second kappa shape index (κ2) is 30.0. The molecule has 0 radical (unpaired) electrons. The highest BCUT2D eigenvalue weighted by atomic mass is 32.1. The summed E-state index contributed by atoms with van der Waals surface area (Å²) in [5, 5.41) is 31.0. The predicted molar refractivity (Wildman–Crippen MR) is 585 cm³/mol. The molecule has 0 aliphatic rings. The third-order valence-corrected chi connectivity index (χ3v) is 31.1. The number of furan rings is 4. The van der Waals surface area contributed by atoms with E-state index in [1.54, 1.807) is 0 Å². The second-order valence-corrected chi connectivity index (χ2v) is 38.7. The Morgan fingerprint density at radius 2 is 0.539 bits per heavy atom. The van der Waals surface area contributed by atoms with Crippen molar-refractivity contribution in [2.45, 2.75) is 0 Å². The van der Waals surface area contributed by atoms with Crippen LogP contribution in [0.1, 0.15) is 0 Å². The van der Waals surface area contributed by atoms with E-state index in [1.807, 2.05) is 53.0 Å². The van der Waals surface area contributed by atoms with E-state index in [2.05, 4.69) is 402 Å². The second-order valence-electron chi connectivity index (χ2n) is 36.6. The first kappa shape index (κ1) is 77.7. The Labute approximate surface area is 806 Å². The van der Waals surface area contributed by atoms with Crippen LogP contribution in [0.15, 0.2) is 436 Å². The highest BCUT2D eigenvalue weighted by molar-refractivity contribution is 7.27. The van der Waals surface area contributed by atoms with Crippen molar-refractivity contribution in [2.75, 3.05) is 0 Å². The molecule has 33 rings (SSSR count). The van der Waals surface area contributed by atoms with Crippen LogP contribution in [0.3, 0.4) is 0 Å². The molecule has 0 unspecified atom stereocenters. The van der Waals surface area contributed by atoms with E-state index in [4.69, 9.17) is 47.6 Å². The van der Waals surface area contributed by atoms with Crippen molar-refractivity contribution in [3.8, 4) is 51.6 Å². The molecule has 0 spiro atoms. The monoisotopic (exact) mass is 1840 g/mol. The number of nitrogens with zero attached hydrogens (tertiary/aromatic N) is 9. The number of hydrogen-bond donors (Lipinski definition) is 0. The molecule has 21 aromatic carbocycles. The molecule has 0 fully saturated rings. The van der Waals surface area contributed by atoms with Crippen LogP contribution >= 0.6 is 22.7 Å². The van der Waals surface area contributed by atoms with Crippen LogP contribution in [0.5, 0.6) is 0 Å². The summed E-state index contributed by atoms with van der Waals surface area (Å²) in [6.07, 6.45) is 0. The normalized spacial score (nSPS) is 12.3. The minimum absolute atomic E-state index is 0.598. The minimum atomic E-state index is 0.598. The standard InChI is InChI=1S/C42H23N3O2.2C42H23N3OS/c1-2-10-25-23-38-33(21-24(25)9-1)32-22-26(17-20-37(32)46-38)39-31-13-3-6-14-34(31)43-42(44-39)45-35-15-7-4-11-27(35)29-18-19-30-28-12-5-8-16-36(28)47-41(30)40(29)45;1-2-10-25-23-37-33(21-24(25)9-1)32-22-26(17-20-36(32)46-37)39-31-13-3-6-14-34(31)43-42(44-39)45-35-15-7-4-11-27(35)29-18-19-30-28-12-5-8-16-38(28)47-41(30)40(29)45;1-2-10-25-23-36-31(21-24(25)9-1)30-22-26(17-19-35(30)46-36)41-27-11-3-6-14-32(27)43-42(44-41)45-33-15-7-4-12-28(33)39-34(45)18-20-38-40(39)29-13-5-8-16-37(29)47-38/h3*1-23H. The molecule has 0 aliphatic carbocycles. The molecule has 141 heavy (non-hydrogen) atoms. The number of fused-ring (bicyclic) bond motifs is 36. The van der Waals surface area contributed by atoms with E-state index in [0.717, 1.165) is 203 Å². The predicted octanol–water partition coefficient (Wildman–Crippen LogP) is 35.0. The Kier molecular flexibility index (Phi) is 16.5. The van der Waals surface area contributed by atoms with Crippen molar-refractivity contribution in [1.82, 2.24) is 43.6 Å². The third-order valence-electron chi connectivity index (χ3n) is 28.7. The lowest BCUT2D eigenvalue weighted by molar-refractivity contribution is 0.669. The molecule has 12 heterocycles. The number of aromatic nitrogens is 9. The quantitative estimate of drug-likeness (QED) is 0.158. The smallest absolute Gasteiger partial charge is 0.235 e. The molecule has 0 saturated heterocycles. The summed E-state index contributed by atoms with van der Waals surface area (Å²) in [5.74, 6) is 1.92. The Morgan fingerprint density at radius 3 is 1.04 bits per heavy atom. The van der Waals surface area contributed by atoms with Crippen molar-refractivity contribution < 1.29 is 17.7 Å². The zero-order valence-corrected chi connectivity index (χ0v) is 76.4. The number of para-hydroxylation sites is 7. The molecule has 0 N–H and O–H groups in total. The van der Waals surface area contributed by atoms with Crippen molar-refractivity contribution in [3.05, 3.63) is 419 Å². The first-order valence-corrected chi connectivity index (χ1v) is 48.9. The molecular formula is C126H69N9O4S2. The number of thiophene rings is 2. The van der Waals surface area contributed by atoms with Gasteiger partial charge in [0.2, 0.25) is 17.8 Å². The topological polar surface area (TPSA) is 145 Å². The number of benzene rings is 21. The van der Waals surface area contributed by atoms with Gasteiger partial charge < -0.3 is 17.7 Å². The highest BCUT2D eigenvalue weighted by Crippen LogP contribution is 2.50. The number of hydrogen-bond acceptors (Lipinski definition) is 12. The van der Waals surface area contributed by atoms with E-state index in [0.29, 0.717) is 17.8 Å². The van der Waals surface area contributed by atoms with Gasteiger partial charge in [0.15, 0.2) is 5.58 Å². The first-order valence-electron chi connectivity index (χ1n) is 47.2. The Balaban J connectivity index is 0.0000000972. The molecule has 0 atom stereocenters. The first-order chi connectivity index (χ1) is 69.8. The molecular weight excluding hydrogens is 1770 g/mol. The molecule has 0 amide bonds. The van der Waals surface area contributed by atoms with Crippen LogP contribution in [-0.4, -0.2) is 43.6 Å². The zero-order valence-electron chi connectivity index (χ0n) is 74.8. The summed E-state index contributed by atoms with van der Waals surface area (Å²) in [6, 6.07) is 147. The Bertz CT molecular complexity index is 10900. The summed E-state index contributed by atoms with van der Waals surface area (Å²) < 4.78 is 37.4. The fourth-order valence-electron chi connectivity index (χ4n) is 22.3. The van der Waals surface area contributed by atoms with Gasteiger partial charge in [-0.2, -0.15) is 0 Å². The van der Waals surface area contributed by atoms with E-state index in [-0.39, 0.29) is 0 Å². The maximum absolute atomic E-state index is 6.58. The zero-order chi connectivity index (χ0) is 91.9. The van der Waals surface area contributed by atoms with E-state index >= 15 is 0 Å². The molecule has 0 saturated carbocycles. The molecule has 12 aromatic heterocycles. The van der Waals surface area contributed by atoms with Gasteiger partial charge in [0.1, 0.15) is 44.6 Å². The Hall–Kier alpha value is -18.5. The molecule has 33 aromatic rings. The van der Waals surface area contributed by atoms with Crippen LogP contribution in [-0.2, 0) is 0 Å². The van der Waals surface area contributed by atoms with Crippen LogP contribution in [0, 0.1) is 0 Å². The van der Waals surface area contributed by atoms with Gasteiger partial charge in [0, 0.05) is 144 Å². The summed E-state index contributed by atoms with van der Waals surface area (Å²) in [6.45, 7) is 0. The van der Waals surface area contributed by atoms with E-state index < -0.39 is 0 Å². The summed E-state index contributed by atoms with van der Waals surface area (Å²) in [4.78, 5) is 31.8. The van der Waals surface area contributed by atoms with Crippen LogP contribution in [0.25, 0.3) is 310 Å². The summed E-state index contributed by atoms with van der Waals surface area (Å²) in [5.41, 5.74) is 21.8. The minimum Gasteiger partial charge on any atom is -0.456 e. The lowest BCUT2D eigenvalue weighted by atomic mass is 10.0. The molecule has 13 nitrogen and oxygen atoms in total. The Morgan fingerprint density at radius 1 is 0.184 bits per heavy atom. The largest absolute Gasteiger partial charge is 0.456 e. The van der Waals surface area contributed by atoms with Gasteiger partial charge in [-0.1, -0.05) is 255 Å². The maximum atomic E-state index is 6.58. The van der Waals surface area contributed by atoms with E-state index in [1.165, 1.54) is 88.8 Å². The third kappa shape index (κ3) is 11.8. The van der Waals surface area contributed by atoms with Crippen LogP contribution in [0.2, 0.25) is 0 Å². The van der Waals surface area contributed by atoms with Crippen LogP contribution in [0.4, 0.5) is 0 Å². The van der Waals surface area contributed by atoms with Gasteiger partial charge in [0.05, 0.1) is 65.9 Å². The van der Waals surface area contributed by atoms with Gasteiger partial charge in [-0.3, -0.25) is 13.7 Å². The SMILES string of the molecule is c1ccc2cc3c(cc2c1)oc1ccc(-c2nc(-n4c5ccccc5c5c6c(ccc54)sc4ccccc46)nc4ccccc24)cc13.c1ccc2cc3c(cc2c1)oc1ccc(-c2nc(-n4c5ccccc5c5ccc6c7ccccc7oc6c54)nc4ccccc24)cc13.c1ccc2cc3c(cc2c1)oc1ccc(-c2nc(-n4c5ccccc5c5ccc6c7ccccc7sc6c54)nc4ccccc24)cc13. The highest BCUT2D eigenvalue weighted by Gasteiger charge is 2.28. The lowest BCUT2D eigenvalue weighted by Crippen LogP contribution is -2.03. The van der Waals surface area contributed by atoms with Gasteiger partial charge in [-0.05, 0) is 196 Å². The molecule has 15 heteroatoms. The van der Waals surface area contributed by atoms with Crippen molar-refractivity contribution in [1.29, 1.82) is 0 Å². The van der Waals surface area contributed by atoms with Gasteiger partial charge in [-0.25, -0.2) is 29.9 Å². The fourth-order valence-corrected chi connectivity index (χ4v) is 24.7. The van der Waals surface area contributed by atoms with Crippen molar-refractivity contribution in [2.24, 2.45) is 0 Å². The molecule has 654 valence electrons. The van der Waals surface area contributed by atoms with Crippen molar-refractivity contribution in [3.63, 3.8) is 0 Å². The van der Waals surface area contributed by atoms with Gasteiger partial charge in [0.25, 0.3) is 0 Å². The molecule has 0 bridgehead atoms. The average molecular weight is 1840 g/mol.